The smallest absolute Gasteiger partial charge is 0.157 e. The third-order valence-corrected chi connectivity index (χ3v) is 5.72. The maximum atomic E-state index is 9.76. The van der Waals surface area contributed by atoms with Gasteiger partial charge in [0.05, 0.1) is 25.6 Å². The second-order valence-electron chi connectivity index (χ2n) is 7.84. The first kappa shape index (κ1) is 18.3. The molecular formula is C21H26N6O2. The zero-order chi connectivity index (χ0) is 19.8. The Labute approximate surface area is 169 Å². The topological polar surface area (TPSA) is 96.6 Å². The number of aliphatic hydroxyl groups is 1. The maximum Gasteiger partial charge on any atom is 0.157 e. The number of pyridine rings is 1. The quantitative estimate of drug-likeness (QED) is 0.590. The third-order valence-electron chi connectivity index (χ3n) is 5.72. The molecule has 2 aliphatic rings. The fraction of sp³-hybridized carbons (Fsp3) is 0.476. The number of imidazole rings is 1. The largest absolute Gasteiger partial charge is 0.495 e. The lowest BCUT2D eigenvalue weighted by atomic mass is 10.1. The monoisotopic (exact) mass is 394 g/mol. The summed E-state index contributed by atoms with van der Waals surface area (Å²) in [6.45, 7) is 1.90. The van der Waals surface area contributed by atoms with E-state index in [-0.39, 0.29) is 6.61 Å². The van der Waals surface area contributed by atoms with Crippen LogP contribution >= 0.6 is 0 Å². The van der Waals surface area contributed by atoms with Crippen molar-refractivity contribution in [2.45, 2.75) is 44.2 Å². The molecule has 5 rings (SSSR count). The molecule has 8 heteroatoms. The highest BCUT2D eigenvalue weighted by molar-refractivity contribution is 5.64. The van der Waals surface area contributed by atoms with Gasteiger partial charge in [-0.05, 0) is 38.3 Å². The summed E-state index contributed by atoms with van der Waals surface area (Å²) in [6, 6.07) is 6.09. The average Bonchev–Trinajstić information content (AvgIpc) is 3.53. The SMILES string of the molecule is COc1cc2ncc(-c3ccc(CO)c(N[C@@H]4CCCNC4)n3)n2nc1C1CC1. The number of piperidine rings is 1. The number of nitrogens with zero attached hydrogens (tertiary/aromatic N) is 4. The second-order valence-corrected chi connectivity index (χ2v) is 7.84. The minimum Gasteiger partial charge on any atom is -0.495 e. The van der Waals surface area contributed by atoms with Crippen molar-refractivity contribution in [2.24, 2.45) is 0 Å². The molecule has 8 nitrogen and oxygen atoms in total. The van der Waals surface area contributed by atoms with Gasteiger partial charge < -0.3 is 20.5 Å². The highest BCUT2D eigenvalue weighted by atomic mass is 16.5. The van der Waals surface area contributed by atoms with E-state index in [0.717, 1.165) is 78.6 Å². The van der Waals surface area contributed by atoms with Crippen molar-refractivity contribution in [1.29, 1.82) is 0 Å². The summed E-state index contributed by atoms with van der Waals surface area (Å²) in [6.07, 6.45) is 6.31. The first-order valence-electron chi connectivity index (χ1n) is 10.3. The van der Waals surface area contributed by atoms with E-state index in [1.807, 2.05) is 22.7 Å². The van der Waals surface area contributed by atoms with Crippen LogP contribution in [-0.4, -0.2) is 50.9 Å². The van der Waals surface area contributed by atoms with Crippen LogP contribution in [0.2, 0.25) is 0 Å². The molecule has 0 radical (unpaired) electrons. The number of aromatic nitrogens is 4. The van der Waals surface area contributed by atoms with E-state index in [2.05, 4.69) is 15.6 Å². The summed E-state index contributed by atoms with van der Waals surface area (Å²) in [5.74, 6) is 1.99. The van der Waals surface area contributed by atoms with Crippen molar-refractivity contribution in [3.05, 3.63) is 35.7 Å². The fourth-order valence-electron chi connectivity index (χ4n) is 3.94. The molecule has 1 aliphatic carbocycles. The zero-order valence-corrected chi connectivity index (χ0v) is 16.6. The van der Waals surface area contributed by atoms with Crippen LogP contribution in [-0.2, 0) is 6.61 Å². The molecule has 1 saturated heterocycles. The summed E-state index contributed by atoms with van der Waals surface area (Å²) >= 11 is 0. The number of hydrogen-bond donors (Lipinski definition) is 3. The van der Waals surface area contributed by atoms with E-state index in [1.54, 1.807) is 13.3 Å². The van der Waals surface area contributed by atoms with Gasteiger partial charge in [0.15, 0.2) is 5.65 Å². The molecule has 3 aromatic rings. The predicted octanol–water partition coefficient (Wildman–Crippen LogP) is 2.33. The van der Waals surface area contributed by atoms with Crippen molar-refractivity contribution in [3.63, 3.8) is 0 Å². The molecule has 152 valence electrons. The van der Waals surface area contributed by atoms with Crippen LogP contribution in [0.1, 0.15) is 42.9 Å². The van der Waals surface area contributed by atoms with Crippen LogP contribution in [0.3, 0.4) is 0 Å². The van der Waals surface area contributed by atoms with Crippen molar-refractivity contribution in [3.8, 4) is 17.1 Å². The summed E-state index contributed by atoms with van der Waals surface area (Å²) in [7, 11) is 1.68. The Morgan fingerprint density at radius 2 is 2.21 bits per heavy atom. The Morgan fingerprint density at radius 1 is 1.31 bits per heavy atom. The summed E-state index contributed by atoms with van der Waals surface area (Å²) in [5, 5.41) is 21.5. The summed E-state index contributed by atoms with van der Waals surface area (Å²) in [4.78, 5) is 9.35. The molecule has 0 amide bonds. The van der Waals surface area contributed by atoms with E-state index in [9.17, 15) is 5.11 Å². The number of ether oxygens (including phenoxy) is 1. The van der Waals surface area contributed by atoms with E-state index >= 15 is 0 Å². The van der Waals surface area contributed by atoms with Gasteiger partial charge in [-0.15, -0.1) is 0 Å². The lowest BCUT2D eigenvalue weighted by molar-refractivity contribution is 0.282. The molecule has 1 aliphatic heterocycles. The van der Waals surface area contributed by atoms with E-state index in [4.69, 9.17) is 14.8 Å². The van der Waals surface area contributed by atoms with Gasteiger partial charge in [0, 0.05) is 30.1 Å². The van der Waals surface area contributed by atoms with Gasteiger partial charge in [-0.2, -0.15) is 5.10 Å². The third kappa shape index (κ3) is 3.54. The Morgan fingerprint density at radius 3 is 2.93 bits per heavy atom. The Balaban J connectivity index is 1.53. The molecule has 0 bridgehead atoms. The average molecular weight is 394 g/mol. The molecule has 4 heterocycles. The van der Waals surface area contributed by atoms with Crippen molar-refractivity contribution < 1.29 is 9.84 Å². The number of fused-ring (bicyclic) bond motifs is 1. The molecule has 1 saturated carbocycles. The highest BCUT2D eigenvalue weighted by Gasteiger charge is 2.30. The van der Waals surface area contributed by atoms with Crippen LogP contribution in [0.15, 0.2) is 24.4 Å². The van der Waals surface area contributed by atoms with Gasteiger partial charge in [0.1, 0.15) is 23.0 Å². The maximum absolute atomic E-state index is 9.76. The minimum atomic E-state index is -0.0514. The molecule has 0 unspecified atom stereocenters. The molecular weight excluding hydrogens is 368 g/mol. The number of hydrogen-bond acceptors (Lipinski definition) is 7. The van der Waals surface area contributed by atoms with Crippen LogP contribution in [0.5, 0.6) is 5.75 Å². The number of nitrogens with one attached hydrogen (secondary N) is 2. The summed E-state index contributed by atoms with van der Waals surface area (Å²) in [5.41, 5.74) is 4.12. The molecule has 3 aromatic heterocycles. The van der Waals surface area contributed by atoms with Crippen molar-refractivity contribution >= 4 is 11.5 Å². The first-order valence-corrected chi connectivity index (χ1v) is 10.3. The molecule has 2 fully saturated rings. The predicted molar refractivity (Wildman–Crippen MR) is 110 cm³/mol. The normalized spacial score (nSPS) is 19.4. The number of anilines is 1. The minimum absolute atomic E-state index is 0.0514. The lowest BCUT2D eigenvalue weighted by Gasteiger charge is -2.25. The molecule has 0 aromatic carbocycles. The fourth-order valence-corrected chi connectivity index (χ4v) is 3.94. The van der Waals surface area contributed by atoms with Gasteiger partial charge in [-0.3, -0.25) is 0 Å². The van der Waals surface area contributed by atoms with Crippen LogP contribution in [0, 0.1) is 0 Å². The van der Waals surface area contributed by atoms with Gasteiger partial charge in [-0.25, -0.2) is 14.5 Å². The molecule has 3 N–H and O–H groups in total. The van der Waals surface area contributed by atoms with Crippen molar-refractivity contribution in [2.75, 3.05) is 25.5 Å². The van der Waals surface area contributed by atoms with Gasteiger partial charge in [0.2, 0.25) is 0 Å². The Kier molecular flexibility index (Phi) is 4.81. The van der Waals surface area contributed by atoms with Crippen LogP contribution in [0.4, 0.5) is 5.82 Å². The summed E-state index contributed by atoms with van der Waals surface area (Å²) < 4.78 is 7.38. The Bertz CT molecular complexity index is 1020. The van der Waals surface area contributed by atoms with Crippen molar-refractivity contribution in [1.82, 2.24) is 24.9 Å². The van der Waals surface area contributed by atoms with Crippen LogP contribution in [0.25, 0.3) is 17.0 Å². The highest BCUT2D eigenvalue weighted by Crippen LogP contribution is 2.43. The zero-order valence-electron chi connectivity index (χ0n) is 16.6. The van der Waals surface area contributed by atoms with E-state index < -0.39 is 0 Å². The van der Waals surface area contributed by atoms with E-state index in [1.165, 1.54) is 0 Å². The van der Waals surface area contributed by atoms with Gasteiger partial charge in [0.25, 0.3) is 0 Å². The van der Waals surface area contributed by atoms with Gasteiger partial charge >= 0.3 is 0 Å². The standard InChI is InChI=1S/C21H26N6O2/c1-29-18-9-19-23-11-17(27(19)26-20(18)13-4-5-13)16-7-6-14(12-28)21(25-16)24-15-3-2-8-22-10-15/h6-7,9,11,13,15,22,28H,2-5,8,10,12H2,1H3,(H,24,25)/t15-/m1/s1. The molecule has 1 atom stereocenters. The van der Waals surface area contributed by atoms with Crippen LogP contribution < -0.4 is 15.4 Å². The Hall–Kier alpha value is -2.71. The van der Waals surface area contributed by atoms with E-state index in [0.29, 0.717) is 12.0 Å². The molecule has 29 heavy (non-hydrogen) atoms. The first-order chi connectivity index (χ1) is 14.3. The number of methoxy groups -OCH3 is 1. The second kappa shape index (κ2) is 7.61. The molecule has 0 spiro atoms. The number of aliphatic hydroxyl groups excluding tert-OH is 1. The lowest BCUT2D eigenvalue weighted by Crippen LogP contribution is -2.38. The number of rotatable bonds is 6. The van der Waals surface area contributed by atoms with Gasteiger partial charge in [-0.1, -0.05) is 6.07 Å².